The van der Waals surface area contributed by atoms with Gasteiger partial charge in [-0.3, -0.25) is 13.9 Å². The second kappa shape index (κ2) is 13.5. The molecule has 1 atom stereocenters. The molecule has 1 N–H and O–H groups in total. The molecule has 0 spiro atoms. The molecule has 2 aromatic rings. The molecule has 9 heteroatoms. The Hall–Kier alpha value is -2.58. The van der Waals surface area contributed by atoms with Crippen molar-refractivity contribution in [3.05, 3.63) is 64.7 Å². The average Bonchev–Trinajstić information content (AvgIpc) is 2.81. The lowest BCUT2D eigenvalue weighted by atomic mass is 10.1. The molecule has 0 fully saturated rings. The summed E-state index contributed by atoms with van der Waals surface area (Å²) in [6, 6.07) is 14.0. The Balaban J connectivity index is 2.21. The molecule has 0 heterocycles. The maximum absolute atomic E-state index is 13.4. The van der Waals surface area contributed by atoms with Crippen molar-refractivity contribution in [1.29, 1.82) is 0 Å². The summed E-state index contributed by atoms with van der Waals surface area (Å²) in [4.78, 5) is 27.8. The number of nitrogens with one attached hydrogen (secondary N) is 1. The molecule has 7 nitrogen and oxygen atoms in total. The number of carbonyl (C=O) groups excluding carboxylic acids is 2. The topological polar surface area (TPSA) is 86.8 Å². The number of anilines is 1. The molecule has 0 unspecified atom stereocenters. The van der Waals surface area contributed by atoms with E-state index in [0.29, 0.717) is 36.6 Å². The van der Waals surface area contributed by atoms with Gasteiger partial charge < -0.3 is 10.2 Å². The lowest BCUT2D eigenvalue weighted by Gasteiger charge is -2.31. The maximum atomic E-state index is 13.4. The molecule has 0 aliphatic heterocycles. The fourth-order valence-electron chi connectivity index (χ4n) is 3.90. The van der Waals surface area contributed by atoms with E-state index in [-0.39, 0.29) is 24.8 Å². The number of aryl methyl sites for hydroxylation is 1. The minimum absolute atomic E-state index is 0.107. The molecular formula is C26H36ClN3O4S. The molecule has 0 radical (unpaired) electrons. The molecule has 0 saturated carbocycles. The molecule has 2 aromatic carbocycles. The Labute approximate surface area is 214 Å². The first-order chi connectivity index (χ1) is 16.6. The van der Waals surface area contributed by atoms with E-state index in [9.17, 15) is 18.0 Å². The molecule has 2 amide bonds. The molecule has 192 valence electrons. The van der Waals surface area contributed by atoms with Gasteiger partial charge in [-0.05, 0) is 49.4 Å². The molecular weight excluding hydrogens is 486 g/mol. The third-order valence-electron chi connectivity index (χ3n) is 5.72. The molecule has 0 bridgehead atoms. The van der Waals surface area contributed by atoms with Crippen LogP contribution in [0.4, 0.5) is 5.69 Å². The van der Waals surface area contributed by atoms with E-state index in [1.165, 1.54) is 4.31 Å². The smallest absolute Gasteiger partial charge is 0.242 e. The van der Waals surface area contributed by atoms with Crippen molar-refractivity contribution < 1.29 is 18.0 Å². The van der Waals surface area contributed by atoms with E-state index in [4.69, 9.17) is 11.6 Å². The molecule has 0 aliphatic carbocycles. The first-order valence-corrected chi connectivity index (χ1v) is 14.2. The van der Waals surface area contributed by atoms with Gasteiger partial charge in [-0.1, -0.05) is 61.8 Å². The van der Waals surface area contributed by atoms with E-state index >= 15 is 0 Å². The van der Waals surface area contributed by atoms with Crippen molar-refractivity contribution in [1.82, 2.24) is 10.2 Å². The first-order valence-electron chi connectivity index (χ1n) is 11.9. The van der Waals surface area contributed by atoms with Crippen LogP contribution in [0.5, 0.6) is 0 Å². The van der Waals surface area contributed by atoms with Crippen molar-refractivity contribution >= 4 is 39.1 Å². The monoisotopic (exact) mass is 521 g/mol. The van der Waals surface area contributed by atoms with Gasteiger partial charge >= 0.3 is 0 Å². The van der Waals surface area contributed by atoms with Gasteiger partial charge in [0.05, 0.1) is 11.9 Å². The zero-order chi connectivity index (χ0) is 26.0. The summed E-state index contributed by atoms with van der Waals surface area (Å²) in [5.74, 6) is -0.366. The summed E-state index contributed by atoms with van der Waals surface area (Å²) >= 11 is 6.11. The predicted octanol–water partition coefficient (Wildman–Crippen LogP) is 4.53. The second-order valence-corrected chi connectivity index (χ2v) is 10.9. The summed E-state index contributed by atoms with van der Waals surface area (Å²) < 4.78 is 26.3. The van der Waals surface area contributed by atoms with Crippen LogP contribution in [0.1, 0.15) is 50.7 Å². The van der Waals surface area contributed by atoms with Crippen molar-refractivity contribution in [3.8, 4) is 0 Å². The first kappa shape index (κ1) is 28.7. The number of nitrogens with zero attached hydrogens (tertiary/aromatic N) is 2. The van der Waals surface area contributed by atoms with Crippen molar-refractivity contribution in [2.45, 2.75) is 59.0 Å². The summed E-state index contributed by atoms with van der Waals surface area (Å²) in [5, 5.41) is 3.34. The normalized spacial score (nSPS) is 12.1. The van der Waals surface area contributed by atoms with Gasteiger partial charge in [-0.2, -0.15) is 0 Å². The minimum Gasteiger partial charge on any atom is -0.354 e. The molecule has 0 saturated heterocycles. The molecule has 35 heavy (non-hydrogen) atoms. The number of amides is 2. The molecule has 0 aromatic heterocycles. The highest BCUT2D eigenvalue weighted by Crippen LogP contribution is 2.27. The number of hydrogen-bond donors (Lipinski definition) is 1. The predicted molar refractivity (Wildman–Crippen MR) is 142 cm³/mol. The lowest BCUT2D eigenvalue weighted by Crippen LogP contribution is -2.49. The fourth-order valence-corrected chi connectivity index (χ4v) is 5.08. The largest absolute Gasteiger partial charge is 0.354 e. The Morgan fingerprint density at radius 2 is 1.77 bits per heavy atom. The quantitative estimate of drug-likeness (QED) is 0.419. The van der Waals surface area contributed by atoms with E-state index in [2.05, 4.69) is 5.32 Å². The Morgan fingerprint density at radius 3 is 2.37 bits per heavy atom. The number of halogens is 1. The van der Waals surface area contributed by atoms with Crippen LogP contribution in [0.2, 0.25) is 5.02 Å². The van der Waals surface area contributed by atoms with Crippen LogP contribution in [-0.2, 0) is 26.2 Å². The number of carbonyl (C=O) groups is 2. The van der Waals surface area contributed by atoms with Crippen LogP contribution in [0.25, 0.3) is 0 Å². The van der Waals surface area contributed by atoms with E-state index in [1.807, 2.05) is 51.1 Å². The number of hydrogen-bond acceptors (Lipinski definition) is 4. The van der Waals surface area contributed by atoms with Crippen LogP contribution < -0.4 is 9.62 Å². The fraction of sp³-hybridized carbons (Fsp3) is 0.462. The summed E-state index contributed by atoms with van der Waals surface area (Å²) in [6.07, 6.45) is 2.83. The Morgan fingerprint density at radius 1 is 1.09 bits per heavy atom. The molecule has 2 rings (SSSR count). The average molecular weight is 522 g/mol. The highest BCUT2D eigenvalue weighted by molar-refractivity contribution is 7.92. The van der Waals surface area contributed by atoms with Gasteiger partial charge in [0.15, 0.2) is 0 Å². The summed E-state index contributed by atoms with van der Waals surface area (Å²) in [7, 11) is -3.58. The van der Waals surface area contributed by atoms with Gasteiger partial charge in [-0.15, -0.1) is 0 Å². The van der Waals surface area contributed by atoms with Crippen LogP contribution >= 0.6 is 11.6 Å². The number of rotatable bonds is 13. The number of benzene rings is 2. The summed E-state index contributed by atoms with van der Waals surface area (Å²) in [6.45, 7) is 6.66. The van der Waals surface area contributed by atoms with Gasteiger partial charge in [-0.25, -0.2) is 8.42 Å². The molecule has 0 aliphatic rings. The van der Waals surface area contributed by atoms with Gasteiger partial charge in [0, 0.05) is 31.1 Å². The SMILES string of the molecule is CCCNC(=O)[C@@H](CC)N(Cc1ccccc1)C(=O)CCCN(c1cc(Cl)ccc1C)S(C)(=O)=O. The maximum Gasteiger partial charge on any atom is 0.242 e. The van der Waals surface area contributed by atoms with Crippen LogP contribution in [-0.4, -0.2) is 50.5 Å². The van der Waals surface area contributed by atoms with Gasteiger partial charge in [0.25, 0.3) is 0 Å². The Bertz CT molecular complexity index is 1090. The minimum atomic E-state index is -3.58. The van der Waals surface area contributed by atoms with Crippen LogP contribution in [0, 0.1) is 6.92 Å². The van der Waals surface area contributed by atoms with Gasteiger partial charge in [0.1, 0.15) is 6.04 Å². The van der Waals surface area contributed by atoms with Gasteiger partial charge in [0.2, 0.25) is 21.8 Å². The third-order valence-corrected chi connectivity index (χ3v) is 7.14. The highest BCUT2D eigenvalue weighted by Gasteiger charge is 2.28. The van der Waals surface area contributed by atoms with Crippen molar-refractivity contribution in [3.63, 3.8) is 0 Å². The third kappa shape index (κ3) is 8.54. The highest BCUT2D eigenvalue weighted by atomic mass is 35.5. The van der Waals surface area contributed by atoms with Crippen LogP contribution in [0.3, 0.4) is 0 Å². The Kier molecular flexibility index (Phi) is 11.0. The zero-order valence-electron chi connectivity index (χ0n) is 21.0. The van der Waals surface area contributed by atoms with E-state index in [0.717, 1.165) is 23.8 Å². The lowest BCUT2D eigenvalue weighted by molar-refractivity contribution is -0.141. The summed E-state index contributed by atoms with van der Waals surface area (Å²) in [5.41, 5.74) is 2.20. The van der Waals surface area contributed by atoms with E-state index < -0.39 is 16.1 Å². The number of sulfonamides is 1. The van der Waals surface area contributed by atoms with E-state index in [1.54, 1.807) is 23.1 Å². The zero-order valence-corrected chi connectivity index (χ0v) is 22.5. The van der Waals surface area contributed by atoms with Crippen molar-refractivity contribution in [2.24, 2.45) is 0 Å². The second-order valence-electron chi connectivity index (χ2n) is 8.59. The standard InChI is InChI=1S/C26H36ClN3O4S/c1-5-16-28-26(32)23(6-2)29(19-21-11-8-7-9-12-21)25(31)13-10-17-30(35(4,33)34)24-18-22(27)15-14-20(24)3/h7-9,11-12,14-15,18,23H,5-6,10,13,16-17,19H2,1-4H3,(H,28,32)/t23-/m1/s1. The van der Waals surface area contributed by atoms with Crippen molar-refractivity contribution in [2.75, 3.05) is 23.7 Å². The van der Waals surface area contributed by atoms with Crippen LogP contribution in [0.15, 0.2) is 48.5 Å².